The lowest BCUT2D eigenvalue weighted by atomic mass is 9.95. The van der Waals surface area contributed by atoms with Gasteiger partial charge in [0.1, 0.15) is 47.0 Å². The van der Waals surface area contributed by atoms with Crippen LogP contribution in [0.15, 0.2) is 30.5 Å². The molecule has 4 aromatic rings. The number of likely N-dealkylation sites (N-methyl/N-ethyl adjacent to an activating group) is 2. The summed E-state index contributed by atoms with van der Waals surface area (Å²) in [6.45, 7) is 8.81. The van der Waals surface area contributed by atoms with Gasteiger partial charge < -0.3 is 33.6 Å². The number of carbonyl (C=O) groups is 2. The number of benzene rings is 2. The Hall–Kier alpha value is -5.40. The van der Waals surface area contributed by atoms with Gasteiger partial charge in [-0.25, -0.2) is 22.8 Å². The Labute approximate surface area is 335 Å². The number of rotatable bonds is 9. The second-order valence-electron chi connectivity index (χ2n) is 16.2. The number of halogens is 3. The quantitative estimate of drug-likeness (QED) is 0.171. The number of anilines is 1. The predicted molar refractivity (Wildman–Crippen MR) is 212 cm³/mol. The van der Waals surface area contributed by atoms with E-state index in [0.717, 1.165) is 19.4 Å². The lowest BCUT2D eigenvalue weighted by Gasteiger charge is -2.31. The maximum absolute atomic E-state index is 17.3. The van der Waals surface area contributed by atoms with Gasteiger partial charge in [-0.2, -0.15) is 9.97 Å². The fourth-order valence-electron chi connectivity index (χ4n) is 7.92. The van der Waals surface area contributed by atoms with Crippen LogP contribution in [0.1, 0.15) is 52.0 Å². The first-order valence-electron chi connectivity index (χ1n) is 19.5. The average molecular weight is 804 g/mol. The third-order valence-electron chi connectivity index (χ3n) is 10.8. The zero-order valence-electron chi connectivity index (χ0n) is 33.4. The lowest BCUT2D eigenvalue weighted by Crippen LogP contribution is -2.43. The molecule has 0 aliphatic carbocycles. The Balaban J connectivity index is 1.26. The summed E-state index contributed by atoms with van der Waals surface area (Å²) in [6.07, 6.45) is 7.72. The molecular formula is C42H48F3N7O6. The van der Waals surface area contributed by atoms with Gasteiger partial charge in [0.2, 0.25) is 0 Å². The monoisotopic (exact) mass is 803 g/mol. The number of hydrogen-bond donors (Lipinski definition) is 0. The van der Waals surface area contributed by atoms with Crippen molar-refractivity contribution in [1.82, 2.24) is 29.7 Å². The molecule has 2 atom stereocenters. The fraction of sp³-hybridized carbons (Fsp3) is 0.500. The van der Waals surface area contributed by atoms with Crippen molar-refractivity contribution in [2.24, 2.45) is 0 Å². The molecule has 0 N–H and O–H groups in total. The first-order chi connectivity index (χ1) is 27.7. The minimum Gasteiger partial charge on any atom is -0.461 e. The first-order valence-corrected chi connectivity index (χ1v) is 19.5. The standard InChI is InChI=1S/C42H48F3N7O6/c1-7-29-32(44)11-10-26-20-28(57-39(53)49(5)15-16-50(6)40(54)58-41(2,3)4)21-30(33(26)29)35-34(45)36-31(23-46-35)37(51-13-9-18-55-19-17-51)48-38(47-36)56-25-42-12-8-14-52(42)24-27(43)22-42/h1,10-11,20-21,23,27H,8-9,12-19,22,24-25H2,2-6H3/t27-,42+/m1/s1. The highest BCUT2D eigenvalue weighted by Gasteiger charge is 2.49. The van der Waals surface area contributed by atoms with Gasteiger partial charge in [0, 0.05) is 77.0 Å². The van der Waals surface area contributed by atoms with Crippen molar-refractivity contribution in [3.63, 3.8) is 0 Å². The zero-order chi connectivity index (χ0) is 41.4. The topological polar surface area (TPSA) is 123 Å². The van der Waals surface area contributed by atoms with Crippen LogP contribution in [0.5, 0.6) is 11.8 Å². The predicted octanol–water partition coefficient (Wildman–Crippen LogP) is 6.58. The highest BCUT2D eigenvalue weighted by atomic mass is 19.1. The average Bonchev–Trinajstić information content (AvgIpc) is 3.56. The summed E-state index contributed by atoms with van der Waals surface area (Å²) in [4.78, 5) is 46.4. The molecule has 0 unspecified atom stereocenters. The summed E-state index contributed by atoms with van der Waals surface area (Å²) in [5.41, 5.74) is -1.58. The largest absolute Gasteiger partial charge is 0.461 e. The Morgan fingerprint density at radius 3 is 2.59 bits per heavy atom. The van der Waals surface area contributed by atoms with Crippen LogP contribution in [0.25, 0.3) is 32.9 Å². The Morgan fingerprint density at radius 1 is 1.05 bits per heavy atom. The van der Waals surface area contributed by atoms with E-state index in [2.05, 4.69) is 20.8 Å². The molecule has 5 heterocycles. The minimum absolute atomic E-state index is 0.00999. The Kier molecular flexibility index (Phi) is 11.6. The number of terminal acetylenes is 1. The van der Waals surface area contributed by atoms with Gasteiger partial charge in [0.25, 0.3) is 0 Å². The fourth-order valence-corrected chi connectivity index (χ4v) is 7.92. The molecule has 3 fully saturated rings. The van der Waals surface area contributed by atoms with Crippen molar-refractivity contribution in [3.05, 3.63) is 47.7 Å². The molecule has 58 heavy (non-hydrogen) atoms. The summed E-state index contributed by atoms with van der Waals surface area (Å²) in [7, 11) is 3.06. The van der Waals surface area contributed by atoms with Crippen LogP contribution < -0.4 is 14.4 Å². The summed E-state index contributed by atoms with van der Waals surface area (Å²) < 4.78 is 70.3. The SMILES string of the molecule is C#Cc1c(F)ccc2cc(OC(=O)N(C)CCN(C)C(=O)OC(C)(C)C)cc(-c3ncc4c(N5CCCOCC5)nc(OC[C@@]56CCCN5C[C@H](F)C6)nc4c3F)c12. The molecule has 2 aromatic heterocycles. The van der Waals surface area contributed by atoms with Gasteiger partial charge in [-0.15, -0.1) is 6.42 Å². The maximum atomic E-state index is 17.3. The van der Waals surface area contributed by atoms with Crippen LogP contribution >= 0.6 is 0 Å². The highest BCUT2D eigenvalue weighted by molar-refractivity contribution is 6.03. The van der Waals surface area contributed by atoms with Gasteiger partial charge in [-0.3, -0.25) is 9.88 Å². The molecule has 0 saturated carbocycles. The number of aromatic nitrogens is 3. The van der Waals surface area contributed by atoms with Crippen molar-refractivity contribution < 1.29 is 41.7 Å². The number of ether oxygens (including phenoxy) is 4. The molecule has 3 aliphatic rings. The van der Waals surface area contributed by atoms with Crippen LogP contribution in [0.2, 0.25) is 0 Å². The van der Waals surface area contributed by atoms with E-state index in [-0.39, 0.29) is 59.2 Å². The van der Waals surface area contributed by atoms with E-state index in [4.69, 9.17) is 30.4 Å². The molecule has 0 spiro atoms. The summed E-state index contributed by atoms with van der Waals surface area (Å²) in [5, 5.41) is 0.857. The smallest absolute Gasteiger partial charge is 0.415 e. The molecule has 2 amide bonds. The molecule has 3 saturated heterocycles. The molecule has 2 aromatic carbocycles. The first kappa shape index (κ1) is 40.8. The highest BCUT2D eigenvalue weighted by Crippen LogP contribution is 2.42. The molecule has 3 aliphatic heterocycles. The second kappa shape index (κ2) is 16.5. The summed E-state index contributed by atoms with van der Waals surface area (Å²) in [5.74, 6) is 1.24. The van der Waals surface area contributed by atoms with E-state index in [1.807, 2.05) is 4.90 Å². The number of fused-ring (bicyclic) bond motifs is 3. The third-order valence-corrected chi connectivity index (χ3v) is 10.8. The zero-order valence-corrected chi connectivity index (χ0v) is 33.4. The van der Waals surface area contributed by atoms with Crippen molar-refractivity contribution in [2.45, 2.75) is 63.8 Å². The van der Waals surface area contributed by atoms with Crippen LogP contribution in [-0.2, 0) is 9.47 Å². The summed E-state index contributed by atoms with van der Waals surface area (Å²) in [6, 6.07) is 5.45. The van der Waals surface area contributed by atoms with Gasteiger partial charge in [-0.1, -0.05) is 12.0 Å². The minimum atomic E-state index is -0.964. The van der Waals surface area contributed by atoms with Crippen LogP contribution in [0.3, 0.4) is 0 Å². The number of carbonyl (C=O) groups excluding carboxylic acids is 2. The molecule has 16 heteroatoms. The Morgan fingerprint density at radius 2 is 1.83 bits per heavy atom. The molecular weight excluding hydrogens is 755 g/mol. The van der Waals surface area contributed by atoms with E-state index in [0.29, 0.717) is 62.3 Å². The maximum Gasteiger partial charge on any atom is 0.415 e. The number of nitrogens with zero attached hydrogens (tertiary/aromatic N) is 7. The number of alkyl halides is 1. The van der Waals surface area contributed by atoms with Gasteiger partial charge in [0.15, 0.2) is 5.82 Å². The van der Waals surface area contributed by atoms with Crippen LogP contribution in [0.4, 0.5) is 28.6 Å². The molecule has 308 valence electrons. The number of pyridine rings is 1. The Bertz CT molecular complexity index is 2260. The van der Waals surface area contributed by atoms with Crippen LogP contribution in [-0.4, -0.2) is 132 Å². The third kappa shape index (κ3) is 8.42. The van der Waals surface area contributed by atoms with Crippen molar-refractivity contribution in [1.29, 1.82) is 0 Å². The molecule has 0 radical (unpaired) electrons. The van der Waals surface area contributed by atoms with E-state index in [1.54, 1.807) is 27.8 Å². The van der Waals surface area contributed by atoms with Crippen molar-refractivity contribution in [2.75, 3.05) is 78.1 Å². The van der Waals surface area contributed by atoms with Crippen molar-refractivity contribution in [3.8, 4) is 35.4 Å². The van der Waals surface area contributed by atoms with E-state index < -0.39 is 41.1 Å². The van der Waals surface area contributed by atoms with E-state index in [1.165, 1.54) is 47.3 Å². The van der Waals surface area contributed by atoms with Gasteiger partial charge >= 0.3 is 18.2 Å². The summed E-state index contributed by atoms with van der Waals surface area (Å²) >= 11 is 0. The lowest BCUT2D eigenvalue weighted by molar-refractivity contribution is 0.0287. The normalized spacial score (nSPS) is 19.8. The van der Waals surface area contributed by atoms with Crippen LogP contribution in [0, 0.1) is 24.0 Å². The van der Waals surface area contributed by atoms with Gasteiger partial charge in [-0.05, 0) is 70.2 Å². The van der Waals surface area contributed by atoms with Crippen molar-refractivity contribution >= 4 is 39.7 Å². The molecule has 13 nitrogen and oxygen atoms in total. The number of hydrogen-bond acceptors (Lipinski definition) is 11. The molecule has 7 rings (SSSR count). The second-order valence-corrected chi connectivity index (χ2v) is 16.2. The van der Waals surface area contributed by atoms with E-state index >= 15 is 8.78 Å². The number of amides is 2. The van der Waals surface area contributed by atoms with Gasteiger partial charge in [0.05, 0.1) is 23.1 Å². The molecule has 0 bridgehead atoms. The van der Waals surface area contributed by atoms with E-state index in [9.17, 15) is 14.0 Å².